The third-order valence-electron chi connectivity index (χ3n) is 6.04. The first kappa shape index (κ1) is 23.1. The minimum atomic E-state index is -1.04. The highest BCUT2D eigenvalue weighted by molar-refractivity contribution is 7.99. The number of rotatable bonds is 8. The zero-order valence-corrected chi connectivity index (χ0v) is 19.5. The topological polar surface area (TPSA) is 49.3 Å². The van der Waals surface area contributed by atoms with E-state index in [1.165, 1.54) is 4.90 Å². The van der Waals surface area contributed by atoms with Crippen molar-refractivity contribution in [2.75, 3.05) is 11.1 Å². The van der Waals surface area contributed by atoms with E-state index in [0.29, 0.717) is 6.42 Å². The van der Waals surface area contributed by atoms with Crippen molar-refractivity contribution in [3.63, 3.8) is 0 Å². The molecule has 162 valence electrons. The largest absolute Gasteiger partial charge is 0.385 e. The number of benzene rings is 3. The fourth-order valence-corrected chi connectivity index (χ4v) is 4.30. The summed E-state index contributed by atoms with van der Waals surface area (Å²) in [6.45, 7) is 8.05. The lowest BCUT2D eigenvalue weighted by molar-refractivity contribution is -0.115. The summed E-state index contributed by atoms with van der Waals surface area (Å²) in [4.78, 5) is 13.7. The van der Waals surface area contributed by atoms with Gasteiger partial charge in [0.1, 0.15) is 0 Å². The molecule has 0 fully saturated rings. The van der Waals surface area contributed by atoms with E-state index in [0.717, 1.165) is 28.1 Å². The second-order valence-electron chi connectivity index (χ2n) is 8.44. The van der Waals surface area contributed by atoms with E-state index in [1.807, 2.05) is 87.5 Å². The van der Waals surface area contributed by atoms with E-state index in [4.69, 9.17) is 0 Å². The van der Waals surface area contributed by atoms with Gasteiger partial charge in [0, 0.05) is 16.0 Å². The lowest BCUT2D eigenvalue weighted by Crippen LogP contribution is -2.42. The van der Waals surface area contributed by atoms with Crippen LogP contribution in [0.1, 0.15) is 44.4 Å². The molecule has 0 aromatic heterocycles. The smallest absolute Gasteiger partial charge is 0.228 e. The fraction of sp³-hybridized carbons (Fsp3) is 0.296. The van der Waals surface area contributed by atoms with Crippen LogP contribution in [0, 0.1) is 0 Å². The monoisotopic (exact) mass is 433 g/mol. The molecular weight excluding hydrogens is 402 g/mol. The van der Waals surface area contributed by atoms with Gasteiger partial charge < -0.3 is 10.4 Å². The van der Waals surface area contributed by atoms with Gasteiger partial charge in [-0.25, -0.2) is 0 Å². The van der Waals surface area contributed by atoms with Crippen LogP contribution in [0.5, 0.6) is 0 Å². The third kappa shape index (κ3) is 5.38. The first-order valence-corrected chi connectivity index (χ1v) is 11.6. The fourth-order valence-electron chi connectivity index (χ4n) is 3.64. The summed E-state index contributed by atoms with van der Waals surface area (Å²) in [5.74, 6) is 0.993. The number of thioether (sulfide) groups is 1. The summed E-state index contributed by atoms with van der Waals surface area (Å²) in [5, 5.41) is 14.3. The number of amides is 1. The molecule has 0 aliphatic rings. The van der Waals surface area contributed by atoms with Gasteiger partial charge >= 0.3 is 0 Å². The zero-order chi connectivity index (χ0) is 22.5. The molecule has 0 bridgehead atoms. The maximum Gasteiger partial charge on any atom is 0.228 e. The predicted molar refractivity (Wildman–Crippen MR) is 131 cm³/mol. The average Bonchev–Trinajstić information content (AvgIpc) is 2.76. The van der Waals surface area contributed by atoms with Gasteiger partial charge in [0.2, 0.25) is 5.91 Å². The van der Waals surface area contributed by atoms with Crippen LogP contribution in [0.25, 0.3) is 0 Å². The lowest BCUT2D eigenvalue weighted by atomic mass is 9.68. The quantitative estimate of drug-likeness (QED) is 0.418. The van der Waals surface area contributed by atoms with Crippen molar-refractivity contribution in [2.45, 2.75) is 50.0 Å². The number of aliphatic hydroxyl groups is 1. The summed E-state index contributed by atoms with van der Waals surface area (Å²) in [6, 6.07) is 25.6. The molecule has 3 nitrogen and oxygen atoms in total. The van der Waals surface area contributed by atoms with Crippen LogP contribution >= 0.6 is 11.8 Å². The zero-order valence-electron chi connectivity index (χ0n) is 18.7. The Balaban J connectivity index is 1.67. The van der Waals surface area contributed by atoms with Gasteiger partial charge in [0.05, 0.1) is 12.0 Å². The van der Waals surface area contributed by atoms with E-state index in [9.17, 15) is 9.90 Å². The second kappa shape index (κ2) is 9.71. The van der Waals surface area contributed by atoms with Gasteiger partial charge in [-0.2, -0.15) is 0 Å². The Morgan fingerprint density at radius 3 is 2.06 bits per heavy atom. The number of hydrogen-bond donors (Lipinski definition) is 2. The SMILES string of the molecule is CCSc1ccc(CC(=O)Nc2ccc(C(C)(C)C(C)(O)c3ccccc3)cc2)cc1. The van der Waals surface area contributed by atoms with Crippen molar-refractivity contribution in [1.82, 2.24) is 0 Å². The Morgan fingerprint density at radius 1 is 0.871 bits per heavy atom. The van der Waals surface area contributed by atoms with E-state index in [2.05, 4.69) is 24.4 Å². The molecule has 3 aromatic carbocycles. The summed E-state index contributed by atoms with van der Waals surface area (Å²) in [6.07, 6.45) is 0.340. The van der Waals surface area contributed by atoms with Crippen molar-refractivity contribution in [2.24, 2.45) is 0 Å². The van der Waals surface area contributed by atoms with E-state index < -0.39 is 11.0 Å². The summed E-state index contributed by atoms with van der Waals surface area (Å²) in [7, 11) is 0. The molecule has 0 saturated heterocycles. The van der Waals surface area contributed by atoms with Gasteiger partial charge in [-0.05, 0) is 53.6 Å². The second-order valence-corrected chi connectivity index (χ2v) is 9.78. The van der Waals surface area contributed by atoms with Gasteiger partial charge in [-0.3, -0.25) is 4.79 Å². The molecule has 0 radical (unpaired) electrons. The standard InChI is InChI=1S/C27H31NO2S/c1-5-31-24-17-11-20(12-18-24)19-25(29)28-23-15-13-21(14-16-23)26(2,3)27(4,30)22-9-7-6-8-10-22/h6-18,30H,5,19H2,1-4H3,(H,28,29). The van der Waals surface area contributed by atoms with E-state index in [-0.39, 0.29) is 5.91 Å². The Kier molecular flexibility index (Phi) is 7.24. The highest BCUT2D eigenvalue weighted by Gasteiger charge is 2.41. The van der Waals surface area contributed by atoms with Crippen LogP contribution in [0.4, 0.5) is 5.69 Å². The molecule has 0 saturated carbocycles. The Morgan fingerprint density at radius 2 is 1.48 bits per heavy atom. The molecule has 0 spiro atoms. The molecule has 3 aromatic rings. The molecule has 3 rings (SSSR count). The number of anilines is 1. The molecule has 0 aliphatic heterocycles. The van der Waals surface area contributed by atoms with E-state index in [1.54, 1.807) is 11.8 Å². The van der Waals surface area contributed by atoms with Crippen molar-refractivity contribution in [3.05, 3.63) is 95.6 Å². The van der Waals surface area contributed by atoms with Crippen molar-refractivity contribution < 1.29 is 9.90 Å². The molecule has 1 atom stereocenters. The Hall–Kier alpha value is -2.56. The molecule has 0 aliphatic carbocycles. The lowest BCUT2D eigenvalue weighted by Gasteiger charge is -2.41. The molecular formula is C27H31NO2S. The molecule has 2 N–H and O–H groups in total. The van der Waals surface area contributed by atoms with Crippen LogP contribution < -0.4 is 5.32 Å². The minimum absolute atomic E-state index is 0.0424. The number of carbonyl (C=O) groups is 1. The average molecular weight is 434 g/mol. The maximum atomic E-state index is 12.5. The molecule has 1 amide bonds. The van der Waals surface area contributed by atoms with Gasteiger partial charge in [0.25, 0.3) is 0 Å². The van der Waals surface area contributed by atoms with Crippen LogP contribution in [-0.4, -0.2) is 16.8 Å². The molecule has 1 unspecified atom stereocenters. The summed E-state index contributed by atoms with van der Waals surface area (Å²) in [5.41, 5.74) is 2.07. The Labute approximate surface area is 189 Å². The Bertz CT molecular complexity index is 994. The predicted octanol–water partition coefficient (Wildman–Crippen LogP) is 6.17. The molecule has 0 heterocycles. The summed E-state index contributed by atoms with van der Waals surface area (Å²) >= 11 is 1.79. The van der Waals surface area contributed by atoms with E-state index >= 15 is 0 Å². The van der Waals surface area contributed by atoms with Crippen molar-refractivity contribution >= 4 is 23.4 Å². The first-order chi connectivity index (χ1) is 14.7. The minimum Gasteiger partial charge on any atom is -0.385 e. The number of nitrogens with one attached hydrogen (secondary N) is 1. The van der Waals surface area contributed by atoms with Crippen molar-refractivity contribution in [3.8, 4) is 0 Å². The molecule has 4 heteroatoms. The first-order valence-electron chi connectivity index (χ1n) is 10.6. The highest BCUT2D eigenvalue weighted by atomic mass is 32.2. The van der Waals surface area contributed by atoms with Crippen LogP contribution in [0.2, 0.25) is 0 Å². The number of carbonyl (C=O) groups excluding carboxylic acids is 1. The highest BCUT2D eigenvalue weighted by Crippen LogP contribution is 2.42. The molecule has 31 heavy (non-hydrogen) atoms. The van der Waals surface area contributed by atoms with Gasteiger partial charge in [-0.1, -0.05) is 75.4 Å². The normalized spacial score (nSPS) is 13.5. The number of hydrogen-bond acceptors (Lipinski definition) is 3. The van der Waals surface area contributed by atoms with Gasteiger partial charge in [-0.15, -0.1) is 11.8 Å². The van der Waals surface area contributed by atoms with Crippen LogP contribution in [-0.2, 0) is 22.2 Å². The van der Waals surface area contributed by atoms with Crippen LogP contribution in [0.15, 0.2) is 83.8 Å². The van der Waals surface area contributed by atoms with Crippen LogP contribution in [0.3, 0.4) is 0 Å². The third-order valence-corrected chi connectivity index (χ3v) is 6.94. The summed E-state index contributed by atoms with van der Waals surface area (Å²) < 4.78 is 0. The maximum absolute atomic E-state index is 12.5. The van der Waals surface area contributed by atoms with Crippen molar-refractivity contribution in [1.29, 1.82) is 0 Å². The van der Waals surface area contributed by atoms with Gasteiger partial charge in [0.15, 0.2) is 0 Å².